The van der Waals surface area contributed by atoms with Crippen molar-refractivity contribution in [1.82, 2.24) is 0 Å². The minimum Gasteiger partial charge on any atom is -0.481 e. The van der Waals surface area contributed by atoms with Gasteiger partial charge in [0.25, 0.3) is 0 Å². The van der Waals surface area contributed by atoms with E-state index in [1.807, 2.05) is 31.2 Å². The van der Waals surface area contributed by atoms with Gasteiger partial charge < -0.3 is 5.11 Å². The highest BCUT2D eigenvalue weighted by atomic mass is 79.9. The molecule has 0 aliphatic heterocycles. The Morgan fingerprint density at radius 2 is 1.89 bits per heavy atom. The molecule has 1 aliphatic carbocycles. The summed E-state index contributed by atoms with van der Waals surface area (Å²) in [5.74, 6) is -0.425. The van der Waals surface area contributed by atoms with Crippen molar-refractivity contribution in [3.63, 3.8) is 0 Å². The normalized spacial score (nSPS) is 19.7. The molecule has 0 amide bonds. The molecule has 0 radical (unpaired) electrons. The molecule has 2 nitrogen and oxygen atoms in total. The summed E-state index contributed by atoms with van der Waals surface area (Å²) >= 11 is 3.41. The molecule has 3 heteroatoms. The number of carboxylic acid groups (broad SMARTS) is 1. The van der Waals surface area contributed by atoms with Crippen molar-refractivity contribution < 1.29 is 9.90 Å². The number of rotatable bonds is 4. The molecule has 1 atom stereocenters. The summed E-state index contributed by atoms with van der Waals surface area (Å²) in [6.07, 6.45) is 4.38. The summed E-state index contributed by atoms with van der Waals surface area (Å²) in [7, 11) is 0. The lowest BCUT2D eigenvalue weighted by Crippen LogP contribution is -2.39. The van der Waals surface area contributed by atoms with E-state index in [9.17, 15) is 9.90 Å². The number of hydrogen-bond acceptors (Lipinski definition) is 1. The molecule has 0 unspecified atom stereocenters. The third kappa shape index (κ3) is 2.33. The van der Waals surface area contributed by atoms with Crippen LogP contribution in [0.1, 0.15) is 43.7 Å². The van der Waals surface area contributed by atoms with E-state index in [4.69, 9.17) is 0 Å². The second kappa shape index (κ2) is 5.43. The molecule has 2 rings (SSSR count). The van der Waals surface area contributed by atoms with Gasteiger partial charge in [0, 0.05) is 5.33 Å². The number of aliphatic carboxylic acids is 1. The van der Waals surface area contributed by atoms with Crippen molar-refractivity contribution in [1.29, 1.82) is 0 Å². The van der Waals surface area contributed by atoms with Crippen molar-refractivity contribution >= 4 is 21.9 Å². The SMILES string of the molecule is C[C@@](C(=O)O)(c1ccc(CBr)cc1)C1CCCC1. The predicted octanol–water partition coefficient (Wildman–Crippen LogP) is 4.11. The van der Waals surface area contributed by atoms with Crippen LogP contribution < -0.4 is 0 Å². The molecular formula is C15H19BrO2. The number of carbonyl (C=O) groups is 1. The van der Waals surface area contributed by atoms with Gasteiger partial charge in [-0.25, -0.2) is 0 Å². The van der Waals surface area contributed by atoms with E-state index in [-0.39, 0.29) is 5.92 Å². The Labute approximate surface area is 117 Å². The first-order chi connectivity index (χ1) is 8.59. The zero-order valence-corrected chi connectivity index (χ0v) is 12.2. The van der Waals surface area contributed by atoms with Crippen molar-refractivity contribution in [2.45, 2.75) is 43.4 Å². The quantitative estimate of drug-likeness (QED) is 0.850. The van der Waals surface area contributed by atoms with Crippen molar-refractivity contribution in [3.05, 3.63) is 35.4 Å². The third-order valence-electron chi connectivity index (χ3n) is 4.32. The van der Waals surface area contributed by atoms with Gasteiger partial charge in [-0.15, -0.1) is 0 Å². The van der Waals surface area contributed by atoms with Crippen molar-refractivity contribution in [2.24, 2.45) is 5.92 Å². The number of benzene rings is 1. The Morgan fingerprint density at radius 3 is 2.33 bits per heavy atom. The third-order valence-corrected chi connectivity index (χ3v) is 4.97. The molecule has 1 N–H and O–H groups in total. The fourth-order valence-electron chi connectivity index (χ4n) is 2.98. The largest absolute Gasteiger partial charge is 0.481 e. The van der Waals surface area contributed by atoms with Crippen LogP contribution in [0.2, 0.25) is 0 Å². The van der Waals surface area contributed by atoms with Crippen LogP contribution in [-0.2, 0) is 15.5 Å². The van der Waals surface area contributed by atoms with Gasteiger partial charge >= 0.3 is 5.97 Å². The van der Waals surface area contributed by atoms with Gasteiger partial charge in [0.05, 0.1) is 5.41 Å². The Balaban J connectivity index is 2.36. The Kier molecular flexibility index (Phi) is 4.10. The molecule has 1 fully saturated rings. The van der Waals surface area contributed by atoms with E-state index < -0.39 is 11.4 Å². The highest BCUT2D eigenvalue weighted by molar-refractivity contribution is 9.08. The second-order valence-corrected chi connectivity index (χ2v) is 5.88. The minimum atomic E-state index is -0.735. The average Bonchev–Trinajstić information content (AvgIpc) is 2.92. The number of halogens is 1. The predicted molar refractivity (Wildman–Crippen MR) is 76.0 cm³/mol. The maximum atomic E-state index is 11.8. The molecule has 0 spiro atoms. The number of alkyl halides is 1. The fourth-order valence-corrected chi connectivity index (χ4v) is 3.35. The van der Waals surface area contributed by atoms with Crippen LogP contribution in [0.5, 0.6) is 0 Å². The summed E-state index contributed by atoms with van der Waals surface area (Å²) in [5.41, 5.74) is 1.38. The maximum absolute atomic E-state index is 11.8. The summed E-state index contributed by atoms with van der Waals surface area (Å²) in [6.45, 7) is 1.88. The molecule has 0 saturated heterocycles. The minimum absolute atomic E-state index is 0.268. The van der Waals surface area contributed by atoms with Gasteiger partial charge in [-0.3, -0.25) is 4.79 Å². The maximum Gasteiger partial charge on any atom is 0.314 e. The molecule has 0 aromatic heterocycles. The van der Waals surface area contributed by atoms with Crippen LogP contribution in [0, 0.1) is 5.92 Å². The molecule has 18 heavy (non-hydrogen) atoms. The zero-order valence-electron chi connectivity index (χ0n) is 10.7. The smallest absolute Gasteiger partial charge is 0.314 e. The lowest BCUT2D eigenvalue weighted by atomic mass is 9.71. The van der Waals surface area contributed by atoms with Gasteiger partial charge in [0.15, 0.2) is 0 Å². The average molecular weight is 311 g/mol. The van der Waals surface area contributed by atoms with Gasteiger partial charge in [0.2, 0.25) is 0 Å². The lowest BCUT2D eigenvalue weighted by molar-refractivity contribution is -0.145. The number of hydrogen-bond donors (Lipinski definition) is 1. The fraction of sp³-hybridized carbons (Fsp3) is 0.533. The topological polar surface area (TPSA) is 37.3 Å². The first-order valence-corrected chi connectivity index (χ1v) is 7.60. The first kappa shape index (κ1) is 13.6. The Bertz CT molecular complexity index is 421. The summed E-state index contributed by atoms with van der Waals surface area (Å²) < 4.78 is 0. The van der Waals surface area contributed by atoms with Crippen LogP contribution in [0.4, 0.5) is 0 Å². The molecule has 0 bridgehead atoms. The van der Waals surface area contributed by atoms with Gasteiger partial charge in [-0.1, -0.05) is 53.0 Å². The van der Waals surface area contributed by atoms with E-state index in [1.165, 1.54) is 5.56 Å². The van der Waals surface area contributed by atoms with Crippen molar-refractivity contribution in [3.8, 4) is 0 Å². The van der Waals surface area contributed by atoms with Crippen LogP contribution in [0.15, 0.2) is 24.3 Å². The highest BCUT2D eigenvalue weighted by Gasteiger charge is 2.43. The Morgan fingerprint density at radius 1 is 1.33 bits per heavy atom. The van der Waals surface area contributed by atoms with Gasteiger partial charge in [-0.05, 0) is 36.8 Å². The second-order valence-electron chi connectivity index (χ2n) is 5.32. The van der Waals surface area contributed by atoms with Crippen molar-refractivity contribution in [2.75, 3.05) is 0 Å². The van der Waals surface area contributed by atoms with E-state index in [1.54, 1.807) is 0 Å². The molecule has 98 valence electrons. The van der Waals surface area contributed by atoms with Crippen LogP contribution in [-0.4, -0.2) is 11.1 Å². The summed E-state index contributed by atoms with van der Waals surface area (Å²) in [4.78, 5) is 11.8. The molecule has 1 aliphatic rings. The zero-order chi connectivity index (χ0) is 13.2. The lowest BCUT2D eigenvalue weighted by Gasteiger charge is -2.32. The van der Waals surface area contributed by atoms with Crippen LogP contribution in [0.3, 0.4) is 0 Å². The van der Waals surface area contributed by atoms with Crippen LogP contribution >= 0.6 is 15.9 Å². The summed E-state index contributed by atoms with van der Waals surface area (Å²) in [5, 5.41) is 10.5. The van der Waals surface area contributed by atoms with E-state index in [0.717, 1.165) is 36.6 Å². The molecule has 0 heterocycles. The molecule has 1 saturated carbocycles. The van der Waals surface area contributed by atoms with Crippen LogP contribution in [0.25, 0.3) is 0 Å². The highest BCUT2D eigenvalue weighted by Crippen LogP contribution is 2.42. The van der Waals surface area contributed by atoms with E-state index in [0.29, 0.717) is 0 Å². The molecule has 1 aromatic carbocycles. The summed E-state index contributed by atoms with van der Waals surface area (Å²) in [6, 6.07) is 7.98. The number of carboxylic acids is 1. The Hall–Kier alpha value is -0.830. The molecular weight excluding hydrogens is 292 g/mol. The first-order valence-electron chi connectivity index (χ1n) is 6.48. The molecule has 1 aromatic rings. The standard InChI is InChI=1S/C15H19BrO2/c1-15(14(17)18,12-4-2-3-5-12)13-8-6-11(10-16)7-9-13/h6-9,12H,2-5,10H2,1H3,(H,17,18)/t15-/m0/s1. The monoisotopic (exact) mass is 310 g/mol. The van der Waals surface area contributed by atoms with Gasteiger partial charge in [0.1, 0.15) is 0 Å². The van der Waals surface area contributed by atoms with E-state index >= 15 is 0 Å². The van der Waals surface area contributed by atoms with E-state index in [2.05, 4.69) is 15.9 Å². The van der Waals surface area contributed by atoms with Gasteiger partial charge in [-0.2, -0.15) is 0 Å².